The third-order valence-corrected chi connectivity index (χ3v) is 3.98. The highest BCUT2D eigenvalue weighted by atomic mass is 32.2. The summed E-state index contributed by atoms with van der Waals surface area (Å²) in [6.07, 6.45) is 0.407. The number of benzene rings is 2. The summed E-state index contributed by atoms with van der Waals surface area (Å²) in [5.74, 6) is 0.476. The van der Waals surface area contributed by atoms with Crippen LogP contribution in [0.4, 0.5) is 11.4 Å². The Labute approximate surface area is 155 Å². The highest BCUT2D eigenvalue weighted by Crippen LogP contribution is 2.18. The van der Waals surface area contributed by atoms with E-state index in [9.17, 15) is 13.2 Å². The Morgan fingerprint density at radius 1 is 1.04 bits per heavy atom. The van der Waals surface area contributed by atoms with Crippen LogP contribution in [0.5, 0.6) is 0 Å². The second kappa shape index (κ2) is 7.98. The molecule has 1 amide bonds. The van der Waals surface area contributed by atoms with Gasteiger partial charge >= 0.3 is 0 Å². The molecule has 4 N–H and O–H groups in total. The fourth-order valence-electron chi connectivity index (χ4n) is 2.32. The van der Waals surface area contributed by atoms with E-state index in [4.69, 9.17) is 9.56 Å². The van der Waals surface area contributed by atoms with Crippen LogP contribution >= 0.6 is 0 Å². The van der Waals surface area contributed by atoms with E-state index in [0.29, 0.717) is 17.5 Å². The minimum absolute atomic E-state index is 0.128. The normalized spacial score (nSPS) is 11.1. The van der Waals surface area contributed by atoms with Gasteiger partial charge in [-0.25, -0.2) is 5.14 Å². The van der Waals surface area contributed by atoms with Gasteiger partial charge in [0, 0.05) is 24.1 Å². The van der Waals surface area contributed by atoms with Crippen molar-refractivity contribution in [1.82, 2.24) is 10.2 Å². The first kappa shape index (κ1) is 18.5. The van der Waals surface area contributed by atoms with Crippen LogP contribution < -0.4 is 15.2 Å². The minimum Gasteiger partial charge on any atom is -0.421 e. The molecule has 0 aliphatic heterocycles. The van der Waals surface area contributed by atoms with Crippen LogP contribution in [0.2, 0.25) is 0 Å². The van der Waals surface area contributed by atoms with Crippen LogP contribution in [0.15, 0.2) is 59.0 Å². The average molecular weight is 387 g/mol. The SMILES string of the molecule is NS(=O)(=O)Nc1cccc(NC(=O)CCc2nnc(-c3ccccc3)o2)c1. The molecule has 0 saturated heterocycles. The molecule has 0 aliphatic carbocycles. The van der Waals surface area contributed by atoms with Gasteiger partial charge in [-0.3, -0.25) is 9.52 Å². The number of carbonyl (C=O) groups is 1. The topological polar surface area (TPSA) is 140 Å². The summed E-state index contributed by atoms with van der Waals surface area (Å²) in [7, 11) is -3.88. The van der Waals surface area contributed by atoms with Crippen LogP contribution in [-0.4, -0.2) is 24.5 Å². The first-order valence-corrected chi connectivity index (χ1v) is 9.52. The van der Waals surface area contributed by atoms with E-state index in [1.807, 2.05) is 30.3 Å². The van der Waals surface area contributed by atoms with Gasteiger partial charge in [0.25, 0.3) is 10.2 Å². The molecule has 0 bridgehead atoms. The van der Waals surface area contributed by atoms with E-state index in [1.54, 1.807) is 12.1 Å². The Bertz CT molecular complexity index is 1030. The number of nitrogens with zero attached hydrogens (tertiary/aromatic N) is 2. The molecule has 0 saturated carbocycles. The quantitative estimate of drug-likeness (QED) is 0.566. The summed E-state index contributed by atoms with van der Waals surface area (Å²) >= 11 is 0. The molecule has 2 aromatic carbocycles. The first-order chi connectivity index (χ1) is 12.9. The van der Waals surface area contributed by atoms with Crippen molar-refractivity contribution in [3.05, 3.63) is 60.5 Å². The van der Waals surface area contributed by atoms with Crippen LogP contribution in [0.1, 0.15) is 12.3 Å². The Hall–Kier alpha value is -3.24. The maximum absolute atomic E-state index is 12.1. The number of anilines is 2. The van der Waals surface area contributed by atoms with E-state index in [2.05, 4.69) is 20.2 Å². The number of amides is 1. The fraction of sp³-hybridized carbons (Fsp3) is 0.118. The number of aryl methyl sites for hydroxylation is 1. The standard InChI is InChI=1S/C17H17N5O4S/c18-27(24,25)22-14-8-4-7-13(11-14)19-15(23)9-10-16-20-21-17(26-16)12-5-2-1-3-6-12/h1-8,11,22H,9-10H2,(H,19,23)(H2,18,24,25). The van der Waals surface area contributed by atoms with Crippen LogP contribution in [0.25, 0.3) is 11.5 Å². The maximum atomic E-state index is 12.1. The molecule has 0 radical (unpaired) electrons. The van der Waals surface area contributed by atoms with E-state index >= 15 is 0 Å². The van der Waals surface area contributed by atoms with Gasteiger partial charge in [0.1, 0.15) is 0 Å². The number of carbonyl (C=O) groups excluding carboxylic acids is 1. The summed E-state index contributed by atoms with van der Waals surface area (Å²) in [6.45, 7) is 0. The van der Waals surface area contributed by atoms with Crippen LogP contribution in [0.3, 0.4) is 0 Å². The van der Waals surface area contributed by atoms with Gasteiger partial charge in [-0.1, -0.05) is 24.3 Å². The molecule has 0 aliphatic rings. The zero-order chi connectivity index (χ0) is 19.3. The van der Waals surface area contributed by atoms with Gasteiger partial charge in [-0.05, 0) is 30.3 Å². The highest BCUT2D eigenvalue weighted by molar-refractivity contribution is 7.90. The van der Waals surface area contributed by atoms with Gasteiger partial charge in [0.15, 0.2) is 0 Å². The predicted molar refractivity (Wildman–Crippen MR) is 99.9 cm³/mol. The van der Waals surface area contributed by atoms with Crippen molar-refractivity contribution in [2.24, 2.45) is 5.14 Å². The monoisotopic (exact) mass is 387 g/mol. The van der Waals surface area contributed by atoms with Crippen LogP contribution in [0, 0.1) is 0 Å². The smallest absolute Gasteiger partial charge is 0.296 e. The number of nitrogens with one attached hydrogen (secondary N) is 2. The third kappa shape index (κ3) is 5.62. The average Bonchev–Trinajstić information content (AvgIpc) is 3.09. The van der Waals surface area contributed by atoms with Gasteiger partial charge < -0.3 is 9.73 Å². The molecule has 0 fully saturated rings. The lowest BCUT2D eigenvalue weighted by atomic mass is 10.2. The fourth-order valence-corrected chi connectivity index (χ4v) is 2.78. The van der Waals surface area contributed by atoms with E-state index in [0.717, 1.165) is 5.56 Å². The maximum Gasteiger partial charge on any atom is 0.296 e. The Morgan fingerprint density at radius 3 is 2.52 bits per heavy atom. The van der Waals surface area contributed by atoms with Crippen molar-refractivity contribution in [3.63, 3.8) is 0 Å². The van der Waals surface area contributed by atoms with Crippen molar-refractivity contribution in [3.8, 4) is 11.5 Å². The van der Waals surface area contributed by atoms with E-state index in [-0.39, 0.29) is 24.4 Å². The van der Waals surface area contributed by atoms with Gasteiger partial charge in [-0.2, -0.15) is 8.42 Å². The van der Waals surface area contributed by atoms with E-state index in [1.165, 1.54) is 12.1 Å². The number of hydrogen-bond donors (Lipinski definition) is 3. The summed E-state index contributed by atoms with van der Waals surface area (Å²) in [5.41, 5.74) is 1.49. The minimum atomic E-state index is -3.88. The largest absolute Gasteiger partial charge is 0.421 e. The molecule has 1 heterocycles. The van der Waals surface area contributed by atoms with Gasteiger partial charge in [0.05, 0.1) is 5.69 Å². The molecule has 140 valence electrons. The second-order valence-corrected chi connectivity index (χ2v) is 6.94. The molecular formula is C17H17N5O4S. The van der Waals surface area contributed by atoms with E-state index < -0.39 is 10.2 Å². The Morgan fingerprint density at radius 2 is 1.78 bits per heavy atom. The Kier molecular flexibility index (Phi) is 5.48. The van der Waals surface area contributed by atoms with Crippen molar-refractivity contribution in [2.45, 2.75) is 12.8 Å². The lowest BCUT2D eigenvalue weighted by Gasteiger charge is -2.07. The molecular weight excluding hydrogens is 370 g/mol. The summed E-state index contributed by atoms with van der Waals surface area (Å²) in [6, 6.07) is 15.5. The van der Waals surface area contributed by atoms with Gasteiger partial charge in [0.2, 0.25) is 17.7 Å². The van der Waals surface area contributed by atoms with Crippen molar-refractivity contribution in [1.29, 1.82) is 0 Å². The molecule has 1 aromatic heterocycles. The molecule has 9 nitrogen and oxygen atoms in total. The highest BCUT2D eigenvalue weighted by Gasteiger charge is 2.11. The zero-order valence-corrected chi connectivity index (χ0v) is 14.9. The van der Waals surface area contributed by atoms with Crippen molar-refractivity contribution >= 4 is 27.5 Å². The van der Waals surface area contributed by atoms with Crippen molar-refractivity contribution in [2.75, 3.05) is 10.0 Å². The lowest BCUT2D eigenvalue weighted by molar-refractivity contribution is -0.116. The molecule has 0 unspecified atom stereocenters. The van der Waals surface area contributed by atoms with Gasteiger partial charge in [-0.15, -0.1) is 10.2 Å². The van der Waals surface area contributed by atoms with Crippen molar-refractivity contribution < 1.29 is 17.6 Å². The first-order valence-electron chi connectivity index (χ1n) is 7.97. The molecule has 10 heteroatoms. The predicted octanol–water partition coefficient (Wildman–Crippen LogP) is 1.92. The summed E-state index contributed by atoms with van der Waals surface area (Å²) in [5, 5.41) is 15.5. The summed E-state index contributed by atoms with van der Waals surface area (Å²) < 4.78 is 29.8. The number of aromatic nitrogens is 2. The van der Waals surface area contributed by atoms with Crippen LogP contribution in [-0.2, 0) is 21.4 Å². The lowest BCUT2D eigenvalue weighted by Crippen LogP contribution is -2.21. The molecule has 27 heavy (non-hydrogen) atoms. The molecule has 0 atom stereocenters. The number of nitrogens with two attached hydrogens (primary N) is 1. The second-order valence-electron chi connectivity index (χ2n) is 5.64. The molecule has 3 aromatic rings. The molecule has 0 spiro atoms. The number of rotatable bonds is 7. The number of hydrogen-bond acceptors (Lipinski definition) is 6. The summed E-state index contributed by atoms with van der Waals surface area (Å²) in [4.78, 5) is 12.1. The third-order valence-electron chi connectivity index (χ3n) is 3.46. The molecule has 3 rings (SSSR count). The Balaban J connectivity index is 1.56. The zero-order valence-electron chi connectivity index (χ0n) is 14.1.